The van der Waals surface area contributed by atoms with Gasteiger partial charge in [0, 0.05) is 5.30 Å². The molecule has 2 aromatic rings. The summed E-state index contributed by atoms with van der Waals surface area (Å²) < 4.78 is 25.3. The first kappa shape index (κ1) is 14.6. The Hall–Kier alpha value is -1.35. The molecule has 5 heteroatoms. The minimum absolute atomic E-state index is 0.367. The number of hydrogen-bond acceptors (Lipinski definition) is 3. The molecule has 0 aliphatic carbocycles. The van der Waals surface area contributed by atoms with Crippen molar-refractivity contribution >= 4 is 25.0 Å². The molecule has 3 rings (SSSR count). The summed E-state index contributed by atoms with van der Waals surface area (Å²) >= 11 is 0. The molecule has 1 heterocycles. The summed E-state index contributed by atoms with van der Waals surface area (Å²) in [4.78, 5) is 0. The zero-order valence-electron chi connectivity index (χ0n) is 12.2. The van der Waals surface area contributed by atoms with Crippen molar-refractivity contribution in [1.82, 2.24) is 0 Å². The van der Waals surface area contributed by atoms with Crippen molar-refractivity contribution in [3.05, 3.63) is 60.7 Å². The molecule has 0 saturated carbocycles. The summed E-state index contributed by atoms with van der Waals surface area (Å²) in [7, 11) is -3.21. The van der Waals surface area contributed by atoms with Crippen molar-refractivity contribution < 1.29 is 13.9 Å². The topological polar surface area (TPSA) is 35.5 Å². The number of hydrogen-bond donors (Lipinski definition) is 0. The predicted molar refractivity (Wildman–Crippen MR) is 86.6 cm³/mol. The fourth-order valence-corrected chi connectivity index (χ4v) is 5.37. The first-order valence-electron chi connectivity index (χ1n) is 7.13. The van der Waals surface area contributed by atoms with Gasteiger partial charge in [-0.2, -0.15) is 0 Å². The second-order valence-electron chi connectivity index (χ2n) is 5.26. The Labute approximate surface area is 125 Å². The Morgan fingerprint density at radius 1 is 0.857 bits per heavy atom. The highest BCUT2D eigenvalue weighted by Crippen LogP contribution is 2.57. The van der Waals surface area contributed by atoms with Crippen LogP contribution in [0.5, 0.6) is 0 Å². The number of rotatable bonds is 2. The predicted octanol–water partition coefficient (Wildman–Crippen LogP) is 2.81. The van der Waals surface area contributed by atoms with Crippen LogP contribution in [0.25, 0.3) is 0 Å². The molecule has 3 nitrogen and oxygen atoms in total. The molecule has 1 aliphatic heterocycles. The molecule has 0 N–H and O–H groups in total. The summed E-state index contributed by atoms with van der Waals surface area (Å²) in [6, 6.07) is 19.3. The van der Waals surface area contributed by atoms with Crippen LogP contribution in [0.2, 0.25) is 0 Å². The minimum Gasteiger partial charge on any atom is -0.397 e. The van der Waals surface area contributed by atoms with Crippen LogP contribution in [0, 0.1) is 0 Å². The van der Waals surface area contributed by atoms with E-state index in [1.807, 2.05) is 74.5 Å². The molecular formula is C16H18BO3P. The van der Waals surface area contributed by atoms with Gasteiger partial charge < -0.3 is 13.9 Å². The molecule has 3 atom stereocenters. The summed E-state index contributed by atoms with van der Waals surface area (Å²) in [6.07, 6.45) is 0. The summed E-state index contributed by atoms with van der Waals surface area (Å²) in [5.41, 5.74) is 0.954. The van der Waals surface area contributed by atoms with Gasteiger partial charge in [-0.15, -0.1) is 0 Å². The van der Waals surface area contributed by atoms with E-state index in [1.54, 1.807) is 0 Å². The molecule has 0 radical (unpaired) electrons. The van der Waals surface area contributed by atoms with Crippen LogP contribution in [-0.2, 0) is 13.9 Å². The molecule has 108 valence electrons. The van der Waals surface area contributed by atoms with Crippen LogP contribution in [-0.4, -0.2) is 18.8 Å². The van der Waals surface area contributed by atoms with E-state index < -0.39 is 14.3 Å². The average molecular weight is 300 g/mol. The molecule has 0 bridgehead atoms. The maximum absolute atomic E-state index is 13.4. The second-order valence-corrected chi connectivity index (χ2v) is 8.65. The van der Waals surface area contributed by atoms with E-state index in [-0.39, 0.29) is 11.7 Å². The van der Waals surface area contributed by atoms with E-state index in [4.69, 9.17) is 9.31 Å². The van der Waals surface area contributed by atoms with Gasteiger partial charge in [0.05, 0.1) is 11.7 Å². The fourth-order valence-electron chi connectivity index (χ4n) is 2.71. The molecule has 21 heavy (non-hydrogen) atoms. The third kappa shape index (κ3) is 2.60. The monoisotopic (exact) mass is 300 g/mol. The normalized spacial score (nSPS) is 29.3. The van der Waals surface area contributed by atoms with E-state index in [1.165, 1.54) is 0 Å². The summed E-state index contributed by atoms with van der Waals surface area (Å²) in [5.74, 6) is -0.734. The van der Waals surface area contributed by atoms with Crippen LogP contribution in [0.3, 0.4) is 0 Å². The lowest BCUT2D eigenvalue weighted by molar-refractivity contribution is 0.152. The third-order valence-electron chi connectivity index (χ3n) is 3.95. The summed E-state index contributed by atoms with van der Waals surface area (Å²) in [5, 5.41) is 0.816. The lowest BCUT2D eigenvalue weighted by Gasteiger charge is -2.38. The highest BCUT2D eigenvalue weighted by Gasteiger charge is 2.47. The zero-order chi connectivity index (χ0) is 14.9. The van der Waals surface area contributed by atoms with Crippen LogP contribution in [0.1, 0.15) is 13.8 Å². The standard InChI is InChI=1S/C16H18BO3P/c1-13-19-17(15-9-5-3-6-10-15)20-14(2)21(13,18)16-11-7-4-8-12-16/h3-14H,1-2H3/t13-,14+,21?. The molecule has 1 fully saturated rings. The molecular weight excluding hydrogens is 282 g/mol. The molecule has 2 aromatic carbocycles. The van der Waals surface area contributed by atoms with Gasteiger partial charge in [0.1, 0.15) is 0 Å². The molecule has 1 unspecified atom stereocenters. The van der Waals surface area contributed by atoms with Gasteiger partial charge in [-0.3, -0.25) is 0 Å². The Morgan fingerprint density at radius 2 is 1.33 bits per heavy atom. The van der Waals surface area contributed by atoms with Crippen molar-refractivity contribution in [3.63, 3.8) is 0 Å². The van der Waals surface area contributed by atoms with E-state index in [0.29, 0.717) is 0 Å². The van der Waals surface area contributed by atoms with Gasteiger partial charge in [0.25, 0.3) is 0 Å². The van der Waals surface area contributed by atoms with Crippen LogP contribution in [0.15, 0.2) is 60.7 Å². The van der Waals surface area contributed by atoms with Gasteiger partial charge in [-0.25, -0.2) is 0 Å². The van der Waals surface area contributed by atoms with Crippen LogP contribution < -0.4 is 10.8 Å². The quantitative estimate of drug-likeness (QED) is 0.632. The molecule has 0 amide bonds. The lowest BCUT2D eigenvalue weighted by atomic mass is 9.79. The summed E-state index contributed by atoms with van der Waals surface area (Å²) in [6.45, 7) is 3.76. The van der Waals surface area contributed by atoms with Gasteiger partial charge in [0.2, 0.25) is 0 Å². The van der Waals surface area contributed by atoms with Crippen molar-refractivity contribution in [2.75, 3.05) is 0 Å². The molecule has 1 aliphatic rings. The van der Waals surface area contributed by atoms with Crippen LogP contribution in [0.4, 0.5) is 0 Å². The minimum atomic E-state index is -2.75. The smallest absolute Gasteiger partial charge is 0.397 e. The van der Waals surface area contributed by atoms with Gasteiger partial charge in [0.15, 0.2) is 7.14 Å². The third-order valence-corrected chi connectivity index (χ3v) is 7.46. The maximum Gasteiger partial charge on any atom is 0.495 e. The van der Waals surface area contributed by atoms with Crippen molar-refractivity contribution in [1.29, 1.82) is 0 Å². The van der Waals surface area contributed by atoms with Crippen LogP contribution >= 0.6 is 7.14 Å². The Bertz CT molecular complexity index is 631. The van der Waals surface area contributed by atoms with Gasteiger partial charge >= 0.3 is 7.12 Å². The zero-order valence-corrected chi connectivity index (χ0v) is 13.1. The van der Waals surface area contributed by atoms with E-state index >= 15 is 0 Å². The highest BCUT2D eigenvalue weighted by atomic mass is 31.2. The van der Waals surface area contributed by atoms with E-state index in [2.05, 4.69) is 0 Å². The first-order valence-corrected chi connectivity index (χ1v) is 8.98. The Kier molecular flexibility index (Phi) is 4.03. The first-order chi connectivity index (χ1) is 10.1. The molecule has 1 saturated heterocycles. The van der Waals surface area contributed by atoms with E-state index in [9.17, 15) is 4.57 Å². The highest BCUT2D eigenvalue weighted by molar-refractivity contribution is 7.72. The van der Waals surface area contributed by atoms with E-state index in [0.717, 1.165) is 10.8 Å². The Balaban J connectivity index is 1.90. The second kappa shape index (κ2) is 5.80. The largest absolute Gasteiger partial charge is 0.495 e. The molecule has 0 spiro atoms. The van der Waals surface area contributed by atoms with Crippen molar-refractivity contribution in [2.45, 2.75) is 25.5 Å². The van der Waals surface area contributed by atoms with Gasteiger partial charge in [-0.1, -0.05) is 60.7 Å². The lowest BCUT2D eigenvalue weighted by Crippen LogP contribution is -2.48. The SMILES string of the molecule is C[C@@H]1OB(c2ccccc2)O[C@H](C)P1(=O)c1ccccc1. The van der Waals surface area contributed by atoms with Crippen molar-refractivity contribution in [3.8, 4) is 0 Å². The fraction of sp³-hybridized carbons (Fsp3) is 0.250. The van der Waals surface area contributed by atoms with Gasteiger partial charge in [-0.05, 0) is 19.3 Å². The maximum atomic E-state index is 13.4. The average Bonchev–Trinajstić information content (AvgIpc) is 2.54. The number of benzene rings is 2. The molecule has 0 aromatic heterocycles. The van der Waals surface area contributed by atoms with Crippen molar-refractivity contribution in [2.24, 2.45) is 0 Å². The Morgan fingerprint density at radius 3 is 1.86 bits per heavy atom.